The van der Waals surface area contributed by atoms with Crippen LogP contribution in [-0.2, 0) is 19.5 Å². The van der Waals surface area contributed by atoms with Gasteiger partial charge in [-0.15, -0.1) is 0 Å². The highest BCUT2D eigenvalue weighted by Crippen LogP contribution is 2.37. The van der Waals surface area contributed by atoms with E-state index in [1.165, 1.54) is 12.1 Å². The molecular formula is C24H27FN4O3. The number of benzene rings is 2. The molecule has 3 aromatic rings. The minimum atomic E-state index is -0.311. The fourth-order valence-electron chi connectivity index (χ4n) is 4.29. The first-order chi connectivity index (χ1) is 15.4. The molecule has 1 aliphatic heterocycles. The lowest BCUT2D eigenvalue weighted by atomic mass is 9.97. The normalized spacial score (nSPS) is 13.0. The van der Waals surface area contributed by atoms with Gasteiger partial charge in [-0.1, -0.05) is 0 Å². The molecular weight excluding hydrogens is 411 g/mol. The Bertz CT molecular complexity index is 1300. The molecule has 2 aromatic carbocycles. The summed E-state index contributed by atoms with van der Waals surface area (Å²) in [5.41, 5.74) is 10.9. The van der Waals surface area contributed by atoms with Gasteiger partial charge in [0.25, 0.3) is 0 Å². The Morgan fingerprint density at radius 3 is 2.34 bits per heavy atom. The fraction of sp³-hybridized carbons (Fsp3) is 0.333. The van der Waals surface area contributed by atoms with Crippen LogP contribution in [-0.4, -0.2) is 29.9 Å². The van der Waals surface area contributed by atoms with Crippen molar-refractivity contribution in [2.24, 2.45) is 10.7 Å². The Morgan fingerprint density at radius 1 is 1.06 bits per heavy atom. The zero-order valence-corrected chi connectivity index (χ0v) is 18.7. The number of aryl methyl sites for hydroxylation is 3. The van der Waals surface area contributed by atoms with Crippen LogP contribution in [0, 0.1) is 19.7 Å². The van der Waals surface area contributed by atoms with E-state index in [9.17, 15) is 9.18 Å². The van der Waals surface area contributed by atoms with Crippen molar-refractivity contribution in [3.63, 3.8) is 0 Å². The SMILES string of the molecule is COc1cc2c(cc1OC)-c1cc(=Nc3c(C)cc(F)cc3C)n(CCN)c(=O)n1CC2. The largest absolute Gasteiger partial charge is 0.493 e. The standard InChI is InChI=1S/C24H27FN4O3/c1-14-9-17(25)10-15(2)23(14)27-22-13-19-18-12-21(32-4)20(31-3)11-16(18)5-7-28(19)24(30)29(22)8-6-26/h9-13H,5-8,26H2,1-4H3. The minimum Gasteiger partial charge on any atom is -0.493 e. The van der Waals surface area contributed by atoms with E-state index in [1.54, 1.807) is 37.2 Å². The smallest absolute Gasteiger partial charge is 0.330 e. The molecule has 7 nitrogen and oxygen atoms in total. The molecule has 2 heterocycles. The molecule has 0 aliphatic carbocycles. The monoisotopic (exact) mass is 438 g/mol. The van der Waals surface area contributed by atoms with Gasteiger partial charge in [0.2, 0.25) is 0 Å². The van der Waals surface area contributed by atoms with Crippen LogP contribution >= 0.6 is 0 Å². The van der Waals surface area contributed by atoms with E-state index in [1.807, 2.05) is 18.2 Å². The highest BCUT2D eigenvalue weighted by molar-refractivity contribution is 5.70. The van der Waals surface area contributed by atoms with Gasteiger partial charge in [-0.05, 0) is 61.2 Å². The van der Waals surface area contributed by atoms with Gasteiger partial charge in [-0.25, -0.2) is 14.2 Å². The summed E-state index contributed by atoms with van der Waals surface area (Å²) < 4.78 is 28.0. The van der Waals surface area contributed by atoms with Crippen molar-refractivity contribution >= 4 is 5.69 Å². The van der Waals surface area contributed by atoms with E-state index in [2.05, 4.69) is 0 Å². The number of nitrogens with two attached hydrogens (primary N) is 1. The molecule has 8 heteroatoms. The molecule has 0 spiro atoms. The Morgan fingerprint density at radius 2 is 1.72 bits per heavy atom. The minimum absolute atomic E-state index is 0.176. The topological polar surface area (TPSA) is 83.8 Å². The van der Waals surface area contributed by atoms with Gasteiger partial charge in [0, 0.05) is 31.3 Å². The summed E-state index contributed by atoms with van der Waals surface area (Å²) in [5.74, 6) is 0.933. The van der Waals surface area contributed by atoms with Crippen LogP contribution in [0.15, 0.2) is 40.1 Å². The van der Waals surface area contributed by atoms with Crippen LogP contribution in [0.25, 0.3) is 11.3 Å². The lowest BCUT2D eigenvalue weighted by Gasteiger charge is -2.24. The van der Waals surface area contributed by atoms with Crippen molar-refractivity contribution in [1.82, 2.24) is 9.13 Å². The first-order valence-electron chi connectivity index (χ1n) is 10.5. The Balaban J connectivity index is 2.03. The number of fused-ring (bicyclic) bond motifs is 3. The van der Waals surface area contributed by atoms with Crippen molar-refractivity contribution in [3.8, 4) is 22.8 Å². The Labute approximate surface area is 185 Å². The molecule has 32 heavy (non-hydrogen) atoms. The lowest BCUT2D eigenvalue weighted by Crippen LogP contribution is -2.43. The second-order valence-electron chi connectivity index (χ2n) is 7.88. The van der Waals surface area contributed by atoms with E-state index in [0.717, 1.165) is 16.8 Å². The van der Waals surface area contributed by atoms with Crippen LogP contribution in [0.2, 0.25) is 0 Å². The molecule has 2 N–H and O–H groups in total. The summed E-state index contributed by atoms with van der Waals surface area (Å²) in [7, 11) is 3.19. The quantitative estimate of drug-likeness (QED) is 0.664. The third-order valence-corrected chi connectivity index (χ3v) is 5.82. The molecule has 0 radical (unpaired) electrons. The summed E-state index contributed by atoms with van der Waals surface area (Å²) in [5, 5.41) is 0. The van der Waals surface area contributed by atoms with Crippen molar-refractivity contribution in [3.05, 3.63) is 68.8 Å². The molecule has 0 atom stereocenters. The highest BCUT2D eigenvalue weighted by atomic mass is 19.1. The number of methoxy groups -OCH3 is 2. The van der Waals surface area contributed by atoms with E-state index in [4.69, 9.17) is 20.2 Å². The van der Waals surface area contributed by atoms with Crippen molar-refractivity contribution in [2.45, 2.75) is 33.4 Å². The summed E-state index contributed by atoms with van der Waals surface area (Å²) in [4.78, 5) is 18.2. The van der Waals surface area contributed by atoms with Gasteiger partial charge in [0.15, 0.2) is 11.5 Å². The van der Waals surface area contributed by atoms with Gasteiger partial charge >= 0.3 is 5.69 Å². The molecule has 0 bridgehead atoms. The van der Waals surface area contributed by atoms with Gasteiger partial charge in [-0.3, -0.25) is 9.13 Å². The number of halogens is 1. The average molecular weight is 439 g/mol. The van der Waals surface area contributed by atoms with Crippen LogP contribution in [0.4, 0.5) is 10.1 Å². The zero-order chi connectivity index (χ0) is 23.0. The first kappa shape index (κ1) is 21.8. The van der Waals surface area contributed by atoms with Crippen LogP contribution in [0.1, 0.15) is 16.7 Å². The molecule has 0 saturated carbocycles. The molecule has 0 fully saturated rings. The molecule has 1 aliphatic rings. The molecule has 4 rings (SSSR count). The lowest BCUT2D eigenvalue weighted by molar-refractivity contribution is 0.354. The highest BCUT2D eigenvalue weighted by Gasteiger charge is 2.22. The molecule has 0 unspecified atom stereocenters. The number of aromatic nitrogens is 2. The predicted molar refractivity (Wildman–Crippen MR) is 121 cm³/mol. The summed E-state index contributed by atoms with van der Waals surface area (Å²) >= 11 is 0. The Hall–Kier alpha value is -3.39. The van der Waals surface area contributed by atoms with Gasteiger partial charge in [0.1, 0.15) is 11.3 Å². The first-order valence-corrected chi connectivity index (χ1v) is 10.5. The van der Waals surface area contributed by atoms with Crippen LogP contribution < -0.4 is 26.4 Å². The van der Waals surface area contributed by atoms with E-state index < -0.39 is 0 Å². The third-order valence-electron chi connectivity index (χ3n) is 5.82. The maximum atomic E-state index is 13.8. The molecule has 168 valence electrons. The molecule has 1 aromatic heterocycles. The fourth-order valence-corrected chi connectivity index (χ4v) is 4.29. The van der Waals surface area contributed by atoms with Gasteiger partial charge in [0.05, 0.1) is 25.6 Å². The number of nitrogens with zero attached hydrogens (tertiary/aromatic N) is 3. The van der Waals surface area contributed by atoms with E-state index >= 15 is 0 Å². The van der Waals surface area contributed by atoms with Crippen LogP contribution in [0.5, 0.6) is 11.5 Å². The average Bonchev–Trinajstić information content (AvgIpc) is 2.77. The van der Waals surface area contributed by atoms with Crippen molar-refractivity contribution in [1.29, 1.82) is 0 Å². The van der Waals surface area contributed by atoms with Crippen LogP contribution in [0.3, 0.4) is 0 Å². The second-order valence-corrected chi connectivity index (χ2v) is 7.88. The number of rotatable bonds is 5. The number of hydrogen-bond donors (Lipinski definition) is 1. The van der Waals surface area contributed by atoms with E-state index in [-0.39, 0.29) is 11.5 Å². The third kappa shape index (κ3) is 3.71. The maximum absolute atomic E-state index is 13.8. The Kier molecular flexibility index (Phi) is 5.88. The van der Waals surface area contributed by atoms with Gasteiger partial charge < -0.3 is 15.2 Å². The summed E-state index contributed by atoms with van der Waals surface area (Å²) in [6.45, 7) is 4.77. The second kappa shape index (κ2) is 8.63. The van der Waals surface area contributed by atoms with Gasteiger partial charge in [-0.2, -0.15) is 0 Å². The van der Waals surface area contributed by atoms with E-state index in [0.29, 0.717) is 59.9 Å². The number of ether oxygens (including phenoxy) is 2. The predicted octanol–water partition coefficient (Wildman–Crippen LogP) is 2.84. The van der Waals surface area contributed by atoms with Crippen molar-refractivity contribution in [2.75, 3.05) is 20.8 Å². The van der Waals surface area contributed by atoms with Crippen molar-refractivity contribution < 1.29 is 13.9 Å². The maximum Gasteiger partial charge on any atom is 0.330 e. The number of hydrogen-bond acceptors (Lipinski definition) is 5. The summed E-state index contributed by atoms with van der Waals surface area (Å²) in [6, 6.07) is 8.62. The summed E-state index contributed by atoms with van der Waals surface area (Å²) in [6.07, 6.45) is 0.692. The molecule has 0 amide bonds. The zero-order valence-electron chi connectivity index (χ0n) is 18.7. The molecule has 0 saturated heterocycles.